The number of aryl methyl sites for hydroxylation is 1. The van der Waals surface area contributed by atoms with E-state index in [0.717, 1.165) is 76.2 Å². The van der Waals surface area contributed by atoms with Crippen molar-refractivity contribution >= 4 is 44.1 Å². The smallest absolute Gasteiger partial charge is 0.264 e. The zero-order chi connectivity index (χ0) is 28.2. The molecule has 0 aliphatic carbocycles. The minimum atomic E-state index is -2.65. The molecular weight excluding hydrogens is 546 g/mol. The quantitative estimate of drug-likeness (QED) is 0.319. The van der Waals surface area contributed by atoms with Crippen molar-refractivity contribution in [2.75, 3.05) is 36.9 Å². The first-order chi connectivity index (χ1) is 19.9. The Morgan fingerprint density at radius 1 is 1.15 bits per heavy atom. The van der Waals surface area contributed by atoms with Gasteiger partial charge >= 0.3 is 0 Å². The van der Waals surface area contributed by atoms with Crippen LogP contribution in [0.1, 0.15) is 61.0 Å². The molecule has 4 aromatic rings. The minimum Gasteiger partial charge on any atom is -0.381 e. The van der Waals surface area contributed by atoms with Crippen LogP contribution in [0.4, 0.5) is 25.4 Å². The maximum Gasteiger partial charge on any atom is 0.264 e. The third-order valence-corrected chi connectivity index (χ3v) is 9.47. The number of alkyl halides is 2. The summed E-state index contributed by atoms with van der Waals surface area (Å²) in [7, 11) is 0. The van der Waals surface area contributed by atoms with Crippen LogP contribution in [-0.4, -0.2) is 51.9 Å². The standard InChI is InChI=1S/C30H32F2N6O2S/c1-17(39)36-10-6-25-23(16-36)29(35-38(25)20-7-11-40-12-8-20)37-9-2-3-19-13-21(22(28(31)32)15-26(19)37)18-4-5-24-27(14-18)41-30(33)34-24/h4-5,13-15,20,28H,2-3,6-12,16H2,1H3,(H2,33,34). The topological polar surface area (TPSA) is 89.5 Å². The number of hydrogen-bond acceptors (Lipinski definition) is 7. The molecule has 0 spiro atoms. The fourth-order valence-corrected chi connectivity index (χ4v) is 7.33. The first-order valence-corrected chi connectivity index (χ1v) is 15.0. The van der Waals surface area contributed by atoms with Gasteiger partial charge in [-0.1, -0.05) is 17.4 Å². The summed E-state index contributed by atoms with van der Waals surface area (Å²) in [6, 6.07) is 9.41. The molecule has 0 atom stereocenters. The molecule has 7 rings (SSSR count). The van der Waals surface area contributed by atoms with Gasteiger partial charge in [0, 0.05) is 62.2 Å². The zero-order valence-electron chi connectivity index (χ0n) is 22.9. The molecule has 214 valence electrons. The Kier molecular flexibility index (Phi) is 6.66. The van der Waals surface area contributed by atoms with Crippen molar-refractivity contribution < 1.29 is 18.3 Å². The van der Waals surface area contributed by atoms with Gasteiger partial charge in [0.25, 0.3) is 6.43 Å². The van der Waals surface area contributed by atoms with Gasteiger partial charge in [-0.2, -0.15) is 5.10 Å². The van der Waals surface area contributed by atoms with Gasteiger partial charge in [0.2, 0.25) is 5.91 Å². The highest BCUT2D eigenvalue weighted by molar-refractivity contribution is 7.22. The van der Waals surface area contributed by atoms with E-state index in [1.54, 1.807) is 13.0 Å². The van der Waals surface area contributed by atoms with Crippen LogP contribution in [0.25, 0.3) is 21.3 Å². The van der Waals surface area contributed by atoms with Crippen LogP contribution in [0.3, 0.4) is 0 Å². The van der Waals surface area contributed by atoms with Crippen LogP contribution in [0.2, 0.25) is 0 Å². The SMILES string of the molecule is CC(=O)N1CCc2c(c(N3CCCc4cc(-c5ccc6nc(N)sc6c5)c(C(F)F)cc43)nn2C2CCOCC2)C1. The van der Waals surface area contributed by atoms with Gasteiger partial charge in [-0.05, 0) is 66.6 Å². The predicted molar refractivity (Wildman–Crippen MR) is 156 cm³/mol. The molecule has 5 heterocycles. The molecule has 1 amide bonds. The molecule has 3 aliphatic heterocycles. The highest BCUT2D eigenvalue weighted by Gasteiger charge is 2.34. The molecule has 11 heteroatoms. The van der Waals surface area contributed by atoms with Crippen molar-refractivity contribution in [2.45, 2.75) is 58.0 Å². The Balaban J connectivity index is 1.34. The van der Waals surface area contributed by atoms with Gasteiger partial charge in [0.05, 0.1) is 22.8 Å². The molecule has 0 radical (unpaired) electrons. The second-order valence-corrected chi connectivity index (χ2v) is 12.1. The summed E-state index contributed by atoms with van der Waals surface area (Å²) in [5.41, 5.74) is 11.9. The van der Waals surface area contributed by atoms with Gasteiger partial charge in [-0.15, -0.1) is 0 Å². The highest BCUT2D eigenvalue weighted by Crippen LogP contribution is 2.44. The molecule has 2 aromatic carbocycles. The number of carbonyl (C=O) groups excluding carboxylic acids is 1. The molecule has 2 aromatic heterocycles. The van der Waals surface area contributed by atoms with E-state index in [2.05, 4.69) is 14.6 Å². The molecule has 0 bridgehead atoms. The van der Waals surface area contributed by atoms with Gasteiger partial charge in [0.1, 0.15) is 0 Å². The van der Waals surface area contributed by atoms with Gasteiger partial charge in [-0.25, -0.2) is 13.8 Å². The van der Waals surface area contributed by atoms with E-state index >= 15 is 0 Å². The Morgan fingerprint density at radius 3 is 2.76 bits per heavy atom. The minimum absolute atomic E-state index is 0.00409. The van der Waals surface area contributed by atoms with E-state index in [1.165, 1.54) is 11.3 Å². The Morgan fingerprint density at radius 2 is 1.98 bits per heavy atom. The summed E-state index contributed by atoms with van der Waals surface area (Å²) in [4.78, 5) is 20.6. The van der Waals surface area contributed by atoms with E-state index < -0.39 is 6.43 Å². The Hall–Kier alpha value is -3.57. The third-order valence-electron chi connectivity index (χ3n) is 8.62. The molecule has 1 saturated heterocycles. The molecule has 0 unspecified atom stereocenters. The van der Waals surface area contributed by atoms with Crippen LogP contribution < -0.4 is 10.6 Å². The number of ether oxygens (including phenoxy) is 1. The number of carbonyl (C=O) groups is 1. The first kappa shape index (κ1) is 26.3. The normalized spacial score (nSPS) is 17.8. The largest absolute Gasteiger partial charge is 0.381 e. The number of aromatic nitrogens is 3. The van der Waals surface area contributed by atoms with Crippen molar-refractivity contribution in [2.24, 2.45) is 0 Å². The number of fused-ring (bicyclic) bond motifs is 3. The van der Waals surface area contributed by atoms with Gasteiger partial charge in [0.15, 0.2) is 10.9 Å². The number of benzene rings is 2. The second kappa shape index (κ2) is 10.4. The Bertz CT molecular complexity index is 1640. The number of thiazole rings is 1. The fraction of sp³-hybridized carbons (Fsp3) is 0.433. The van der Waals surface area contributed by atoms with Crippen molar-refractivity contribution in [1.82, 2.24) is 19.7 Å². The predicted octanol–water partition coefficient (Wildman–Crippen LogP) is 6.02. The maximum atomic E-state index is 14.7. The second-order valence-electron chi connectivity index (χ2n) is 11.1. The van der Waals surface area contributed by atoms with Crippen LogP contribution in [0.15, 0.2) is 30.3 Å². The maximum absolute atomic E-state index is 14.7. The van der Waals surface area contributed by atoms with Gasteiger partial charge in [-0.3, -0.25) is 9.48 Å². The molecule has 1 fully saturated rings. The van der Waals surface area contributed by atoms with E-state index in [-0.39, 0.29) is 17.5 Å². The number of hydrogen-bond donors (Lipinski definition) is 1. The lowest BCUT2D eigenvalue weighted by Gasteiger charge is -2.33. The van der Waals surface area contributed by atoms with Crippen molar-refractivity contribution in [3.63, 3.8) is 0 Å². The number of nitrogens with two attached hydrogens (primary N) is 1. The van der Waals surface area contributed by atoms with Crippen LogP contribution in [0.5, 0.6) is 0 Å². The summed E-state index contributed by atoms with van der Waals surface area (Å²) in [5, 5.41) is 5.63. The fourth-order valence-electron chi connectivity index (χ4n) is 6.56. The Labute approximate surface area is 240 Å². The monoisotopic (exact) mass is 578 g/mol. The molecule has 41 heavy (non-hydrogen) atoms. The lowest BCUT2D eigenvalue weighted by atomic mass is 9.91. The summed E-state index contributed by atoms with van der Waals surface area (Å²) >= 11 is 1.36. The third kappa shape index (κ3) is 4.64. The molecule has 3 aliphatic rings. The number of nitrogens with zero attached hydrogens (tertiary/aromatic N) is 5. The number of rotatable bonds is 4. The summed E-state index contributed by atoms with van der Waals surface area (Å²) in [5.74, 6) is 0.816. The number of amides is 1. The molecule has 8 nitrogen and oxygen atoms in total. The number of nitrogen functional groups attached to an aromatic ring is 1. The number of halogens is 2. The van der Waals surface area contributed by atoms with E-state index in [4.69, 9.17) is 15.6 Å². The van der Waals surface area contributed by atoms with Crippen LogP contribution >= 0.6 is 11.3 Å². The van der Waals surface area contributed by atoms with E-state index in [9.17, 15) is 13.6 Å². The van der Waals surface area contributed by atoms with Crippen molar-refractivity contribution in [1.29, 1.82) is 0 Å². The lowest BCUT2D eigenvalue weighted by molar-refractivity contribution is -0.129. The average Bonchev–Trinajstić information content (AvgIpc) is 3.55. The molecule has 2 N–H and O–H groups in total. The summed E-state index contributed by atoms with van der Waals surface area (Å²) in [6.07, 6.45) is 1.51. The highest BCUT2D eigenvalue weighted by atomic mass is 32.1. The van der Waals surface area contributed by atoms with Crippen molar-refractivity contribution in [3.8, 4) is 11.1 Å². The van der Waals surface area contributed by atoms with Crippen LogP contribution in [-0.2, 0) is 28.9 Å². The molecular formula is C30H32F2N6O2S. The first-order valence-electron chi connectivity index (χ1n) is 14.2. The molecule has 0 saturated carbocycles. The summed E-state index contributed by atoms with van der Waals surface area (Å²) in [6.45, 7) is 4.80. The van der Waals surface area contributed by atoms with E-state index in [0.29, 0.717) is 43.5 Å². The van der Waals surface area contributed by atoms with Gasteiger partial charge < -0.3 is 20.3 Å². The lowest BCUT2D eigenvalue weighted by Crippen LogP contribution is -2.36. The zero-order valence-corrected chi connectivity index (χ0v) is 23.7. The average molecular weight is 579 g/mol. The number of anilines is 3. The van der Waals surface area contributed by atoms with Crippen LogP contribution in [0, 0.1) is 0 Å². The van der Waals surface area contributed by atoms with Crippen molar-refractivity contribution in [3.05, 3.63) is 52.7 Å². The van der Waals surface area contributed by atoms with E-state index in [1.807, 2.05) is 29.2 Å². The summed E-state index contributed by atoms with van der Waals surface area (Å²) < 4.78 is 38.0.